The average Bonchev–Trinajstić information content (AvgIpc) is 2.44. The zero-order valence-corrected chi connectivity index (χ0v) is 13.4. The van der Waals surface area contributed by atoms with E-state index in [0.29, 0.717) is 31.8 Å². The summed E-state index contributed by atoms with van der Waals surface area (Å²) in [4.78, 5) is 10.6. The lowest BCUT2D eigenvalue weighted by atomic mass is 10.0. The van der Waals surface area contributed by atoms with Crippen LogP contribution >= 0.6 is 46.4 Å². The molecule has 2 rings (SSSR count). The van der Waals surface area contributed by atoms with Gasteiger partial charge in [0.15, 0.2) is 0 Å². The van der Waals surface area contributed by atoms with Gasteiger partial charge in [0.25, 0.3) is 0 Å². The lowest BCUT2D eigenvalue weighted by Crippen LogP contribution is -1.88. The van der Waals surface area contributed by atoms with Gasteiger partial charge in [-0.25, -0.2) is 4.79 Å². The SMILES string of the molecule is O=C(O)/C=C/c1cccc(-c2ccc(Cl)c(Cl)c2Cl)c1Cl. The van der Waals surface area contributed by atoms with E-state index in [1.807, 2.05) is 0 Å². The van der Waals surface area contributed by atoms with Crippen molar-refractivity contribution in [2.45, 2.75) is 0 Å². The van der Waals surface area contributed by atoms with Gasteiger partial charge in [0, 0.05) is 17.2 Å². The molecular weight excluding hydrogens is 354 g/mol. The largest absolute Gasteiger partial charge is 0.478 e. The predicted octanol–water partition coefficient (Wildman–Crippen LogP) is 6.07. The fraction of sp³-hybridized carbons (Fsp3) is 0. The molecule has 1 N–H and O–H groups in total. The minimum atomic E-state index is -1.05. The number of rotatable bonds is 3. The summed E-state index contributed by atoms with van der Waals surface area (Å²) >= 11 is 24.4. The molecule has 0 atom stereocenters. The molecule has 0 bridgehead atoms. The molecule has 0 aliphatic heterocycles. The first kappa shape index (κ1) is 16.2. The zero-order valence-electron chi connectivity index (χ0n) is 10.4. The average molecular weight is 362 g/mol. The maximum absolute atomic E-state index is 10.6. The van der Waals surface area contributed by atoms with E-state index < -0.39 is 5.97 Å². The van der Waals surface area contributed by atoms with Gasteiger partial charge in [-0.1, -0.05) is 70.7 Å². The predicted molar refractivity (Wildman–Crippen MR) is 88.6 cm³/mol. The van der Waals surface area contributed by atoms with Gasteiger partial charge in [-0.3, -0.25) is 0 Å². The highest BCUT2D eigenvalue weighted by Gasteiger charge is 2.14. The molecule has 2 nitrogen and oxygen atoms in total. The first-order chi connectivity index (χ1) is 9.91. The lowest BCUT2D eigenvalue weighted by molar-refractivity contribution is -0.131. The third-order valence-electron chi connectivity index (χ3n) is 2.76. The van der Waals surface area contributed by atoms with Crippen LogP contribution in [0.4, 0.5) is 0 Å². The fourth-order valence-corrected chi connectivity index (χ4v) is 2.71. The molecule has 0 saturated heterocycles. The summed E-state index contributed by atoms with van der Waals surface area (Å²) in [5.41, 5.74) is 1.84. The number of carboxylic acid groups (broad SMARTS) is 1. The Morgan fingerprint density at radius 3 is 2.24 bits per heavy atom. The number of aliphatic carboxylic acids is 1. The van der Waals surface area contributed by atoms with Crippen molar-refractivity contribution in [2.24, 2.45) is 0 Å². The molecule has 0 heterocycles. The van der Waals surface area contributed by atoms with Gasteiger partial charge in [0.1, 0.15) is 0 Å². The van der Waals surface area contributed by atoms with Crippen LogP contribution in [-0.2, 0) is 4.79 Å². The van der Waals surface area contributed by atoms with Crippen LogP contribution in [0.3, 0.4) is 0 Å². The maximum atomic E-state index is 10.6. The number of hydrogen-bond acceptors (Lipinski definition) is 1. The molecule has 2 aromatic carbocycles. The Kier molecular flexibility index (Phi) is 5.17. The molecule has 0 saturated carbocycles. The summed E-state index contributed by atoms with van der Waals surface area (Å²) in [5.74, 6) is -1.05. The third kappa shape index (κ3) is 3.53. The summed E-state index contributed by atoms with van der Waals surface area (Å²) in [6.45, 7) is 0. The van der Waals surface area contributed by atoms with Crippen molar-refractivity contribution in [3.8, 4) is 11.1 Å². The van der Waals surface area contributed by atoms with Crippen molar-refractivity contribution < 1.29 is 9.90 Å². The molecule has 108 valence electrons. The first-order valence-corrected chi connectivity index (χ1v) is 7.26. The molecule has 2 aromatic rings. The second kappa shape index (κ2) is 6.71. The Bertz CT molecular complexity index is 739. The Morgan fingerprint density at radius 2 is 1.57 bits per heavy atom. The van der Waals surface area contributed by atoms with E-state index in [2.05, 4.69) is 0 Å². The zero-order chi connectivity index (χ0) is 15.6. The molecule has 0 aliphatic rings. The van der Waals surface area contributed by atoms with Gasteiger partial charge in [0.05, 0.1) is 20.1 Å². The fourth-order valence-electron chi connectivity index (χ4n) is 1.78. The smallest absolute Gasteiger partial charge is 0.328 e. The molecule has 0 aromatic heterocycles. The lowest BCUT2D eigenvalue weighted by Gasteiger charge is -2.11. The van der Waals surface area contributed by atoms with E-state index in [9.17, 15) is 4.79 Å². The first-order valence-electron chi connectivity index (χ1n) is 5.75. The topological polar surface area (TPSA) is 37.3 Å². The van der Waals surface area contributed by atoms with Crippen molar-refractivity contribution in [3.63, 3.8) is 0 Å². The highest BCUT2D eigenvalue weighted by Crippen LogP contribution is 2.41. The van der Waals surface area contributed by atoms with E-state index in [0.717, 1.165) is 6.08 Å². The minimum Gasteiger partial charge on any atom is -0.478 e. The maximum Gasteiger partial charge on any atom is 0.328 e. The van der Waals surface area contributed by atoms with Crippen molar-refractivity contribution >= 4 is 58.4 Å². The van der Waals surface area contributed by atoms with E-state index in [1.165, 1.54) is 6.08 Å². The second-order valence-electron chi connectivity index (χ2n) is 4.10. The van der Waals surface area contributed by atoms with Gasteiger partial charge in [-0.15, -0.1) is 0 Å². The molecule has 6 heteroatoms. The molecule has 0 aliphatic carbocycles. The van der Waals surface area contributed by atoms with Gasteiger partial charge in [-0.2, -0.15) is 0 Å². The van der Waals surface area contributed by atoms with Crippen molar-refractivity contribution in [1.29, 1.82) is 0 Å². The van der Waals surface area contributed by atoms with Gasteiger partial charge in [-0.05, 0) is 17.7 Å². The molecule has 0 spiro atoms. The summed E-state index contributed by atoms with van der Waals surface area (Å²) < 4.78 is 0. The number of carbonyl (C=O) groups is 1. The van der Waals surface area contributed by atoms with Crippen LogP contribution in [-0.4, -0.2) is 11.1 Å². The van der Waals surface area contributed by atoms with Gasteiger partial charge in [0.2, 0.25) is 0 Å². The van der Waals surface area contributed by atoms with E-state index in [4.69, 9.17) is 51.5 Å². The van der Waals surface area contributed by atoms with Crippen LogP contribution in [0.1, 0.15) is 5.56 Å². The molecule has 0 radical (unpaired) electrons. The Hall–Kier alpha value is -1.19. The second-order valence-corrected chi connectivity index (χ2v) is 5.64. The van der Waals surface area contributed by atoms with Crippen LogP contribution in [0.25, 0.3) is 17.2 Å². The number of hydrogen-bond donors (Lipinski definition) is 1. The van der Waals surface area contributed by atoms with E-state index in [1.54, 1.807) is 30.3 Å². The summed E-state index contributed by atoms with van der Waals surface area (Å²) in [6.07, 6.45) is 2.43. The van der Waals surface area contributed by atoms with Crippen LogP contribution in [0.2, 0.25) is 20.1 Å². The standard InChI is InChI=1S/C15H8Cl4O2/c16-11-6-5-10(14(18)15(11)19)9-3-1-2-8(13(9)17)4-7-12(20)21/h1-7H,(H,20,21)/b7-4+. The summed E-state index contributed by atoms with van der Waals surface area (Å²) in [7, 11) is 0. The number of carboxylic acids is 1. The molecule has 0 fully saturated rings. The van der Waals surface area contributed by atoms with Gasteiger partial charge < -0.3 is 5.11 Å². The Labute approximate surface area is 141 Å². The van der Waals surface area contributed by atoms with E-state index in [-0.39, 0.29) is 5.02 Å². The van der Waals surface area contributed by atoms with Crippen molar-refractivity contribution in [2.75, 3.05) is 0 Å². The highest BCUT2D eigenvalue weighted by molar-refractivity contribution is 6.49. The minimum absolute atomic E-state index is 0.249. The summed E-state index contributed by atoms with van der Waals surface area (Å²) in [5, 5.41) is 9.96. The molecule has 0 unspecified atom stereocenters. The van der Waals surface area contributed by atoms with Crippen LogP contribution in [0.15, 0.2) is 36.4 Å². The quantitative estimate of drug-likeness (QED) is 0.532. The number of halogens is 4. The Morgan fingerprint density at radius 1 is 0.905 bits per heavy atom. The van der Waals surface area contributed by atoms with Crippen LogP contribution in [0.5, 0.6) is 0 Å². The van der Waals surface area contributed by atoms with Crippen molar-refractivity contribution in [3.05, 3.63) is 62.1 Å². The van der Waals surface area contributed by atoms with Crippen LogP contribution in [0, 0.1) is 0 Å². The van der Waals surface area contributed by atoms with Crippen molar-refractivity contribution in [1.82, 2.24) is 0 Å². The van der Waals surface area contributed by atoms with Gasteiger partial charge >= 0.3 is 5.97 Å². The third-order valence-corrected chi connectivity index (χ3v) is 4.47. The number of benzene rings is 2. The Balaban J connectivity index is 2.58. The molecule has 0 amide bonds. The molecular formula is C15H8Cl4O2. The highest BCUT2D eigenvalue weighted by atomic mass is 35.5. The monoisotopic (exact) mass is 360 g/mol. The normalized spacial score (nSPS) is 11.0. The van der Waals surface area contributed by atoms with Crippen LogP contribution < -0.4 is 0 Å². The molecule has 21 heavy (non-hydrogen) atoms. The summed E-state index contributed by atoms with van der Waals surface area (Å²) in [6, 6.07) is 8.56. The van der Waals surface area contributed by atoms with E-state index >= 15 is 0 Å².